The van der Waals surface area contributed by atoms with Gasteiger partial charge in [0.05, 0.1) is 19.8 Å². The van der Waals surface area contributed by atoms with Gasteiger partial charge in [0.25, 0.3) is 0 Å². The van der Waals surface area contributed by atoms with Crippen LogP contribution >= 0.6 is 11.6 Å². The van der Waals surface area contributed by atoms with Crippen molar-refractivity contribution in [1.82, 2.24) is 9.97 Å². The first-order chi connectivity index (χ1) is 9.97. The van der Waals surface area contributed by atoms with E-state index in [2.05, 4.69) is 9.97 Å². The van der Waals surface area contributed by atoms with Crippen molar-refractivity contribution >= 4 is 17.6 Å². The maximum Gasteiger partial charge on any atom is 0.337 e. The largest absolute Gasteiger partial charge is 0.480 e. The Morgan fingerprint density at radius 1 is 1.19 bits per heavy atom. The molecule has 0 saturated heterocycles. The monoisotopic (exact) mass is 308 g/mol. The van der Waals surface area contributed by atoms with E-state index in [-0.39, 0.29) is 22.3 Å². The third-order valence-corrected chi connectivity index (χ3v) is 3.13. The van der Waals surface area contributed by atoms with Crippen molar-refractivity contribution in [2.24, 2.45) is 0 Å². The molecule has 2 aromatic heterocycles. The Kier molecular flexibility index (Phi) is 4.28. The first kappa shape index (κ1) is 15.1. The number of carboxylic acid groups (broad SMARTS) is 1. The molecule has 0 spiro atoms. The quantitative estimate of drug-likeness (QED) is 0.935. The van der Waals surface area contributed by atoms with E-state index >= 15 is 0 Å². The van der Waals surface area contributed by atoms with Crippen molar-refractivity contribution < 1.29 is 19.4 Å². The molecule has 110 valence electrons. The topological polar surface area (TPSA) is 81.5 Å². The first-order valence-corrected chi connectivity index (χ1v) is 6.34. The predicted octanol–water partition coefficient (Wildman–Crippen LogP) is 2.82. The number of aromatic carboxylic acids is 1. The van der Waals surface area contributed by atoms with Gasteiger partial charge < -0.3 is 14.6 Å². The number of hydrogen-bond donors (Lipinski definition) is 1. The maximum atomic E-state index is 11.4. The van der Waals surface area contributed by atoms with Crippen LogP contribution in [0.2, 0.25) is 5.02 Å². The molecule has 1 N–H and O–H groups in total. The van der Waals surface area contributed by atoms with E-state index in [1.165, 1.54) is 20.4 Å². The van der Waals surface area contributed by atoms with Crippen LogP contribution in [0.1, 0.15) is 16.1 Å². The van der Waals surface area contributed by atoms with Crippen LogP contribution in [0, 0.1) is 6.92 Å². The maximum absolute atomic E-state index is 11.4. The number of aryl methyl sites for hydroxylation is 1. The molecule has 0 saturated carbocycles. The van der Waals surface area contributed by atoms with Gasteiger partial charge in [-0.15, -0.1) is 0 Å². The van der Waals surface area contributed by atoms with Gasteiger partial charge in [-0.1, -0.05) is 11.6 Å². The van der Waals surface area contributed by atoms with Gasteiger partial charge in [0.2, 0.25) is 11.8 Å². The molecule has 0 bridgehead atoms. The van der Waals surface area contributed by atoms with Gasteiger partial charge in [-0.25, -0.2) is 4.79 Å². The lowest BCUT2D eigenvalue weighted by atomic mass is 10.0. The molecular formula is C14H13ClN2O4. The molecule has 0 atom stereocenters. The molecule has 2 rings (SSSR count). The van der Waals surface area contributed by atoms with Crippen molar-refractivity contribution in [3.63, 3.8) is 0 Å². The zero-order valence-electron chi connectivity index (χ0n) is 11.7. The third kappa shape index (κ3) is 2.90. The molecule has 0 amide bonds. The Bertz CT molecular complexity index is 704. The summed E-state index contributed by atoms with van der Waals surface area (Å²) in [5.74, 6) is -0.657. The summed E-state index contributed by atoms with van der Waals surface area (Å²) in [7, 11) is 2.88. The highest BCUT2D eigenvalue weighted by atomic mass is 35.5. The van der Waals surface area contributed by atoms with Crippen molar-refractivity contribution in [2.45, 2.75) is 6.92 Å². The lowest BCUT2D eigenvalue weighted by Crippen LogP contribution is -2.03. The number of hydrogen-bond acceptors (Lipinski definition) is 5. The minimum Gasteiger partial charge on any atom is -0.480 e. The Morgan fingerprint density at radius 3 is 2.43 bits per heavy atom. The van der Waals surface area contributed by atoms with Crippen LogP contribution in [0.15, 0.2) is 18.3 Å². The van der Waals surface area contributed by atoms with Crippen LogP contribution < -0.4 is 9.47 Å². The number of halogens is 1. The first-order valence-electron chi connectivity index (χ1n) is 5.96. The Labute approximate surface area is 126 Å². The number of rotatable bonds is 4. The smallest absolute Gasteiger partial charge is 0.337 e. The molecule has 0 aliphatic heterocycles. The van der Waals surface area contributed by atoms with Crippen LogP contribution in [0.4, 0.5) is 0 Å². The molecular weight excluding hydrogens is 296 g/mol. The molecule has 21 heavy (non-hydrogen) atoms. The van der Waals surface area contributed by atoms with Gasteiger partial charge in [0.15, 0.2) is 0 Å². The van der Waals surface area contributed by atoms with Crippen LogP contribution in [0.5, 0.6) is 11.8 Å². The fourth-order valence-corrected chi connectivity index (χ4v) is 2.13. The van der Waals surface area contributed by atoms with Gasteiger partial charge in [-0.2, -0.15) is 4.98 Å². The lowest BCUT2D eigenvalue weighted by molar-refractivity contribution is 0.0697. The van der Waals surface area contributed by atoms with Crippen LogP contribution in [-0.4, -0.2) is 35.3 Å². The van der Waals surface area contributed by atoms with E-state index < -0.39 is 5.97 Å². The summed E-state index contributed by atoms with van der Waals surface area (Å²) < 4.78 is 10.2. The summed E-state index contributed by atoms with van der Waals surface area (Å²) in [6.45, 7) is 1.76. The highest BCUT2D eigenvalue weighted by Crippen LogP contribution is 2.37. The second kappa shape index (κ2) is 5.97. The summed E-state index contributed by atoms with van der Waals surface area (Å²) in [6.07, 6.45) is 1.30. The molecule has 0 aliphatic carbocycles. The number of pyridine rings is 2. The standard InChI is InChI=1S/C14H13ClN2O4/c1-7-4-8(10(6-16-7)14(18)19)9-5-11(15)13(21-3)17-12(9)20-2/h4-6H,1-3H3,(H,18,19). The van der Waals surface area contributed by atoms with Crippen molar-refractivity contribution in [3.05, 3.63) is 34.6 Å². The molecule has 6 nitrogen and oxygen atoms in total. The fourth-order valence-electron chi connectivity index (χ4n) is 1.90. The molecule has 7 heteroatoms. The van der Waals surface area contributed by atoms with Crippen LogP contribution in [0.3, 0.4) is 0 Å². The number of methoxy groups -OCH3 is 2. The van der Waals surface area contributed by atoms with E-state index in [9.17, 15) is 9.90 Å². The summed E-state index contributed by atoms with van der Waals surface area (Å²) >= 11 is 6.07. The van der Waals surface area contributed by atoms with Gasteiger partial charge >= 0.3 is 5.97 Å². The van der Waals surface area contributed by atoms with Crippen molar-refractivity contribution in [3.8, 4) is 22.9 Å². The summed E-state index contributed by atoms with van der Waals surface area (Å²) in [5, 5.41) is 9.56. The molecule has 0 fully saturated rings. The Morgan fingerprint density at radius 2 is 1.86 bits per heavy atom. The summed E-state index contributed by atoms with van der Waals surface area (Å²) in [6, 6.07) is 3.21. The van der Waals surface area contributed by atoms with Gasteiger partial charge in [-0.3, -0.25) is 4.98 Å². The number of carbonyl (C=O) groups is 1. The minimum absolute atomic E-state index is 0.0435. The normalized spacial score (nSPS) is 10.3. The van der Waals surface area contributed by atoms with Crippen LogP contribution in [0.25, 0.3) is 11.1 Å². The zero-order valence-corrected chi connectivity index (χ0v) is 12.4. The van der Waals surface area contributed by atoms with Crippen LogP contribution in [-0.2, 0) is 0 Å². The minimum atomic E-state index is -1.09. The van der Waals surface area contributed by atoms with E-state index in [1.54, 1.807) is 19.1 Å². The SMILES string of the molecule is COc1nc(OC)c(-c2cc(C)ncc2C(=O)O)cc1Cl. The third-order valence-electron chi connectivity index (χ3n) is 2.86. The van der Waals surface area contributed by atoms with E-state index in [1.807, 2.05) is 0 Å². The predicted molar refractivity (Wildman–Crippen MR) is 77.3 cm³/mol. The summed E-state index contributed by atoms with van der Waals surface area (Å²) in [4.78, 5) is 19.5. The van der Waals surface area contributed by atoms with Gasteiger partial charge in [0.1, 0.15) is 5.02 Å². The fraction of sp³-hybridized carbons (Fsp3) is 0.214. The second-order valence-electron chi connectivity index (χ2n) is 4.21. The Balaban J connectivity index is 2.74. The highest BCUT2D eigenvalue weighted by Gasteiger charge is 2.19. The number of carboxylic acids is 1. The van der Waals surface area contributed by atoms with E-state index in [0.29, 0.717) is 16.8 Å². The molecule has 2 aromatic rings. The van der Waals surface area contributed by atoms with E-state index in [4.69, 9.17) is 21.1 Å². The average Bonchev–Trinajstić information content (AvgIpc) is 2.46. The zero-order chi connectivity index (χ0) is 15.6. The van der Waals surface area contributed by atoms with Gasteiger partial charge in [-0.05, 0) is 19.1 Å². The van der Waals surface area contributed by atoms with Crippen molar-refractivity contribution in [2.75, 3.05) is 14.2 Å². The molecule has 0 radical (unpaired) electrons. The van der Waals surface area contributed by atoms with Crippen molar-refractivity contribution in [1.29, 1.82) is 0 Å². The summed E-state index contributed by atoms with van der Waals surface area (Å²) in [5.41, 5.74) is 1.61. The highest BCUT2D eigenvalue weighted by molar-refractivity contribution is 6.32. The Hall–Kier alpha value is -2.34. The second-order valence-corrected chi connectivity index (χ2v) is 4.62. The average molecular weight is 309 g/mol. The lowest BCUT2D eigenvalue weighted by Gasteiger charge is -2.13. The number of ether oxygens (including phenoxy) is 2. The van der Waals surface area contributed by atoms with Gasteiger partial charge in [0, 0.05) is 23.0 Å². The number of nitrogens with zero attached hydrogens (tertiary/aromatic N) is 2. The molecule has 0 unspecified atom stereocenters. The number of aromatic nitrogens is 2. The molecule has 2 heterocycles. The molecule has 0 aliphatic rings. The van der Waals surface area contributed by atoms with E-state index in [0.717, 1.165) is 0 Å². The molecule has 0 aromatic carbocycles.